The lowest BCUT2D eigenvalue weighted by Gasteiger charge is -2.21. The molecule has 130 valence electrons. The molecule has 0 spiro atoms. The van der Waals surface area contributed by atoms with Crippen LogP contribution in [0.5, 0.6) is 0 Å². The third-order valence-corrected chi connectivity index (χ3v) is 5.28. The van der Waals surface area contributed by atoms with E-state index in [0.29, 0.717) is 28.9 Å². The molecule has 3 rings (SSSR count). The fourth-order valence-electron chi connectivity index (χ4n) is 2.70. The van der Waals surface area contributed by atoms with Crippen LogP contribution in [0.1, 0.15) is 31.4 Å². The first-order valence-corrected chi connectivity index (χ1v) is 9.32. The van der Waals surface area contributed by atoms with Gasteiger partial charge < -0.3 is 4.74 Å². The van der Waals surface area contributed by atoms with E-state index in [4.69, 9.17) is 9.88 Å². The van der Waals surface area contributed by atoms with Crippen LogP contribution in [0, 0.1) is 0 Å². The zero-order chi connectivity index (χ0) is 18.2. The van der Waals surface area contributed by atoms with Crippen LogP contribution in [0.2, 0.25) is 0 Å². The predicted octanol–water partition coefficient (Wildman–Crippen LogP) is 2.37. The standard InChI is InChI=1S/C18H18N2O4S/c1-3-18(2)17(21)15(12-8-10-20-11-9-12)16(24-18)13-4-6-14(7-5-13)25(19,22)23/h4-11H,3H2,1-2H3,(H2,19,22,23). The number of rotatable bonds is 4. The molecule has 7 heteroatoms. The molecule has 0 amide bonds. The van der Waals surface area contributed by atoms with Gasteiger partial charge in [-0.2, -0.15) is 0 Å². The summed E-state index contributed by atoms with van der Waals surface area (Å²) in [6.45, 7) is 3.64. The Morgan fingerprint density at radius 1 is 1.08 bits per heavy atom. The Morgan fingerprint density at radius 3 is 2.20 bits per heavy atom. The van der Waals surface area contributed by atoms with Gasteiger partial charge in [0.2, 0.25) is 15.8 Å². The molecule has 0 saturated carbocycles. The first kappa shape index (κ1) is 17.3. The summed E-state index contributed by atoms with van der Waals surface area (Å²) in [5, 5.41) is 5.13. The van der Waals surface area contributed by atoms with E-state index in [9.17, 15) is 13.2 Å². The number of ether oxygens (including phenoxy) is 1. The van der Waals surface area contributed by atoms with Crippen LogP contribution in [0.25, 0.3) is 11.3 Å². The fraction of sp³-hybridized carbons (Fsp3) is 0.222. The molecular formula is C18H18N2O4S. The maximum absolute atomic E-state index is 12.9. The van der Waals surface area contributed by atoms with Crippen LogP contribution in [0.3, 0.4) is 0 Å². The molecule has 1 aliphatic heterocycles. The largest absolute Gasteiger partial charge is 0.478 e. The second-order valence-corrected chi connectivity index (χ2v) is 7.59. The van der Waals surface area contributed by atoms with Crippen LogP contribution in [0.15, 0.2) is 53.7 Å². The second kappa shape index (κ2) is 6.09. The highest BCUT2D eigenvalue weighted by atomic mass is 32.2. The van der Waals surface area contributed by atoms with Crippen LogP contribution < -0.4 is 5.14 Å². The van der Waals surface area contributed by atoms with E-state index in [0.717, 1.165) is 0 Å². The summed E-state index contributed by atoms with van der Waals surface area (Å²) in [7, 11) is -3.78. The van der Waals surface area contributed by atoms with Gasteiger partial charge in [-0.25, -0.2) is 13.6 Å². The number of ketones is 1. The molecule has 0 saturated heterocycles. The van der Waals surface area contributed by atoms with Crippen molar-refractivity contribution in [1.82, 2.24) is 4.98 Å². The van der Waals surface area contributed by atoms with Gasteiger partial charge in [-0.05, 0) is 55.3 Å². The van der Waals surface area contributed by atoms with Crippen molar-refractivity contribution in [3.63, 3.8) is 0 Å². The van der Waals surface area contributed by atoms with Crippen molar-refractivity contribution < 1.29 is 17.9 Å². The number of sulfonamides is 1. The quantitative estimate of drug-likeness (QED) is 0.904. The molecule has 1 aromatic heterocycles. The minimum Gasteiger partial charge on any atom is -0.478 e. The molecule has 2 heterocycles. The summed E-state index contributed by atoms with van der Waals surface area (Å²) >= 11 is 0. The number of Topliss-reactive ketones (excluding diaryl/α,β-unsaturated/α-hetero) is 1. The molecule has 25 heavy (non-hydrogen) atoms. The molecule has 1 atom stereocenters. The number of primary sulfonamides is 1. The number of nitrogens with zero attached hydrogens (tertiary/aromatic N) is 1. The number of pyridine rings is 1. The first-order chi connectivity index (χ1) is 11.8. The Kier molecular flexibility index (Phi) is 4.22. The van der Waals surface area contributed by atoms with Gasteiger partial charge in [0.05, 0.1) is 10.5 Å². The zero-order valence-electron chi connectivity index (χ0n) is 13.9. The molecule has 6 nitrogen and oxygen atoms in total. The predicted molar refractivity (Wildman–Crippen MR) is 93.7 cm³/mol. The number of aromatic nitrogens is 1. The average molecular weight is 358 g/mol. The molecule has 1 aliphatic rings. The molecule has 0 radical (unpaired) electrons. The van der Waals surface area contributed by atoms with E-state index in [2.05, 4.69) is 4.98 Å². The van der Waals surface area contributed by atoms with E-state index in [1.807, 2.05) is 6.92 Å². The highest BCUT2D eigenvalue weighted by Gasteiger charge is 2.45. The number of hydrogen-bond donors (Lipinski definition) is 1. The van der Waals surface area contributed by atoms with E-state index < -0.39 is 15.6 Å². The van der Waals surface area contributed by atoms with Crippen molar-refractivity contribution in [1.29, 1.82) is 0 Å². The van der Waals surface area contributed by atoms with E-state index in [1.165, 1.54) is 12.1 Å². The van der Waals surface area contributed by atoms with Gasteiger partial charge >= 0.3 is 0 Å². The Morgan fingerprint density at radius 2 is 1.68 bits per heavy atom. The molecule has 0 fully saturated rings. The number of hydrogen-bond acceptors (Lipinski definition) is 5. The summed E-state index contributed by atoms with van der Waals surface area (Å²) in [5.74, 6) is 0.327. The van der Waals surface area contributed by atoms with Crippen molar-refractivity contribution >= 4 is 27.1 Å². The third-order valence-electron chi connectivity index (χ3n) is 4.35. The number of carbonyl (C=O) groups is 1. The van der Waals surface area contributed by atoms with Gasteiger partial charge in [-0.1, -0.05) is 6.92 Å². The molecular weight excluding hydrogens is 340 g/mol. The van der Waals surface area contributed by atoms with E-state index in [1.54, 1.807) is 43.6 Å². The Balaban J connectivity index is 2.15. The second-order valence-electron chi connectivity index (χ2n) is 6.02. The van der Waals surface area contributed by atoms with E-state index in [-0.39, 0.29) is 10.7 Å². The van der Waals surface area contributed by atoms with Crippen molar-refractivity contribution in [3.8, 4) is 0 Å². The SMILES string of the molecule is CCC1(C)OC(c2ccc(S(N)(=O)=O)cc2)=C(c2ccncc2)C1=O. The summed E-state index contributed by atoms with van der Waals surface area (Å²) in [6.07, 6.45) is 3.73. The Bertz CT molecular complexity index is 950. The monoisotopic (exact) mass is 358 g/mol. The highest BCUT2D eigenvalue weighted by molar-refractivity contribution is 7.89. The van der Waals surface area contributed by atoms with Crippen LogP contribution in [0.4, 0.5) is 0 Å². The molecule has 1 unspecified atom stereocenters. The number of benzene rings is 1. The maximum atomic E-state index is 12.9. The van der Waals surface area contributed by atoms with Gasteiger partial charge in [-0.15, -0.1) is 0 Å². The van der Waals surface area contributed by atoms with Gasteiger partial charge in [0, 0.05) is 18.0 Å². The molecule has 1 aromatic carbocycles. The summed E-state index contributed by atoms with van der Waals surface area (Å²) in [6, 6.07) is 9.47. The summed E-state index contributed by atoms with van der Waals surface area (Å²) < 4.78 is 28.9. The van der Waals surface area contributed by atoms with Gasteiger partial charge in [0.1, 0.15) is 5.76 Å². The van der Waals surface area contributed by atoms with Crippen molar-refractivity contribution in [2.75, 3.05) is 0 Å². The maximum Gasteiger partial charge on any atom is 0.238 e. The fourth-order valence-corrected chi connectivity index (χ4v) is 3.22. The lowest BCUT2D eigenvalue weighted by Crippen LogP contribution is -2.32. The molecule has 2 N–H and O–H groups in total. The zero-order valence-corrected chi connectivity index (χ0v) is 14.7. The molecule has 0 aliphatic carbocycles. The molecule has 0 bridgehead atoms. The Hall–Kier alpha value is -2.51. The lowest BCUT2D eigenvalue weighted by atomic mass is 9.90. The molecule has 2 aromatic rings. The van der Waals surface area contributed by atoms with Gasteiger partial charge in [0.25, 0.3) is 0 Å². The lowest BCUT2D eigenvalue weighted by molar-refractivity contribution is -0.126. The normalized spacial score (nSPS) is 20.7. The third kappa shape index (κ3) is 3.08. The van der Waals surface area contributed by atoms with Crippen molar-refractivity contribution in [2.45, 2.75) is 30.8 Å². The minimum absolute atomic E-state index is 0.00453. The minimum atomic E-state index is -3.78. The summed E-state index contributed by atoms with van der Waals surface area (Å²) in [5.41, 5.74) is 0.842. The van der Waals surface area contributed by atoms with Gasteiger partial charge in [0.15, 0.2) is 5.60 Å². The van der Waals surface area contributed by atoms with Crippen LogP contribution in [-0.2, 0) is 19.6 Å². The highest BCUT2D eigenvalue weighted by Crippen LogP contribution is 2.42. The Labute approximate surface area is 146 Å². The van der Waals surface area contributed by atoms with Crippen molar-refractivity contribution in [3.05, 3.63) is 59.9 Å². The summed E-state index contributed by atoms with van der Waals surface area (Å²) in [4.78, 5) is 16.9. The van der Waals surface area contributed by atoms with Crippen molar-refractivity contribution in [2.24, 2.45) is 5.14 Å². The number of nitrogens with two attached hydrogens (primary N) is 1. The van der Waals surface area contributed by atoms with Crippen LogP contribution in [-0.4, -0.2) is 24.8 Å². The van der Waals surface area contributed by atoms with E-state index >= 15 is 0 Å². The number of carbonyl (C=O) groups excluding carboxylic acids is 1. The first-order valence-electron chi connectivity index (χ1n) is 7.78. The van der Waals surface area contributed by atoms with Crippen LogP contribution >= 0.6 is 0 Å². The topological polar surface area (TPSA) is 99.3 Å². The average Bonchev–Trinajstić information content (AvgIpc) is 2.87. The smallest absolute Gasteiger partial charge is 0.238 e. The van der Waals surface area contributed by atoms with Gasteiger partial charge in [-0.3, -0.25) is 9.78 Å².